The van der Waals surface area contributed by atoms with Gasteiger partial charge in [-0.15, -0.1) is 0 Å². The van der Waals surface area contributed by atoms with E-state index in [1.54, 1.807) is 7.11 Å². The fourth-order valence-electron chi connectivity index (χ4n) is 1.89. The van der Waals surface area contributed by atoms with Gasteiger partial charge in [0.25, 0.3) is 0 Å². The summed E-state index contributed by atoms with van der Waals surface area (Å²) >= 11 is 3.50. The Morgan fingerprint density at radius 3 is 2.72 bits per heavy atom. The summed E-state index contributed by atoms with van der Waals surface area (Å²) in [4.78, 5) is 2.34. The van der Waals surface area contributed by atoms with Crippen molar-refractivity contribution in [3.63, 3.8) is 0 Å². The van der Waals surface area contributed by atoms with Crippen LogP contribution in [-0.4, -0.2) is 38.7 Å². The van der Waals surface area contributed by atoms with Crippen LogP contribution in [0.25, 0.3) is 0 Å². The zero-order valence-electron chi connectivity index (χ0n) is 11.3. The first-order valence-corrected chi connectivity index (χ1v) is 7.17. The first-order chi connectivity index (χ1) is 8.67. The Morgan fingerprint density at radius 1 is 1.28 bits per heavy atom. The average molecular weight is 315 g/mol. The minimum absolute atomic E-state index is 0.785. The number of methoxy groups -OCH3 is 1. The Bertz CT molecular complexity index is 358. The quantitative estimate of drug-likeness (QED) is 0.750. The molecule has 4 heteroatoms. The van der Waals surface area contributed by atoms with Gasteiger partial charge in [0.15, 0.2) is 0 Å². The minimum atomic E-state index is 0.785. The van der Waals surface area contributed by atoms with Crippen LogP contribution < -0.4 is 10.5 Å². The third-order valence-electron chi connectivity index (χ3n) is 3.00. The SMILES string of the molecule is COc1ccc(Br)cc1CCN(C)CCCCN. The molecule has 0 unspecified atom stereocenters. The number of nitrogens with two attached hydrogens (primary N) is 1. The molecule has 0 aliphatic rings. The number of hydrogen-bond acceptors (Lipinski definition) is 3. The van der Waals surface area contributed by atoms with Gasteiger partial charge in [-0.05, 0) is 63.2 Å². The van der Waals surface area contributed by atoms with E-state index in [1.807, 2.05) is 12.1 Å². The van der Waals surface area contributed by atoms with Gasteiger partial charge < -0.3 is 15.4 Å². The van der Waals surface area contributed by atoms with Crippen molar-refractivity contribution >= 4 is 15.9 Å². The van der Waals surface area contributed by atoms with Crippen LogP contribution in [0.4, 0.5) is 0 Å². The van der Waals surface area contributed by atoms with Gasteiger partial charge in [-0.25, -0.2) is 0 Å². The van der Waals surface area contributed by atoms with Gasteiger partial charge in [-0.1, -0.05) is 15.9 Å². The summed E-state index contributed by atoms with van der Waals surface area (Å²) in [7, 11) is 3.87. The maximum absolute atomic E-state index is 5.49. The van der Waals surface area contributed by atoms with E-state index in [0.717, 1.165) is 42.7 Å². The summed E-state index contributed by atoms with van der Waals surface area (Å²) in [5.74, 6) is 0.966. The molecule has 0 aromatic heterocycles. The second-order valence-electron chi connectivity index (χ2n) is 4.51. The van der Waals surface area contributed by atoms with Crippen molar-refractivity contribution < 1.29 is 4.74 Å². The second kappa shape index (κ2) is 8.51. The van der Waals surface area contributed by atoms with Crippen molar-refractivity contribution in [2.45, 2.75) is 19.3 Å². The topological polar surface area (TPSA) is 38.5 Å². The first-order valence-electron chi connectivity index (χ1n) is 6.38. The molecule has 0 aliphatic carbocycles. The van der Waals surface area contributed by atoms with Gasteiger partial charge in [0.2, 0.25) is 0 Å². The van der Waals surface area contributed by atoms with Crippen LogP contribution in [0.1, 0.15) is 18.4 Å². The van der Waals surface area contributed by atoms with Crippen molar-refractivity contribution in [3.8, 4) is 5.75 Å². The number of benzene rings is 1. The third kappa shape index (κ3) is 5.38. The molecule has 3 nitrogen and oxygen atoms in total. The molecule has 0 saturated carbocycles. The molecular weight excluding hydrogens is 292 g/mol. The Labute approximate surface area is 118 Å². The lowest BCUT2D eigenvalue weighted by atomic mass is 10.1. The van der Waals surface area contributed by atoms with Gasteiger partial charge in [0, 0.05) is 11.0 Å². The maximum atomic E-state index is 5.49. The Kier molecular flexibility index (Phi) is 7.32. The summed E-state index contributed by atoms with van der Waals surface area (Å²) in [5, 5.41) is 0. The number of rotatable bonds is 8. The van der Waals surface area contributed by atoms with E-state index in [0.29, 0.717) is 0 Å². The summed E-state index contributed by atoms with van der Waals surface area (Å²) in [5.41, 5.74) is 6.74. The molecule has 1 rings (SSSR count). The summed E-state index contributed by atoms with van der Waals surface area (Å²) in [6, 6.07) is 6.15. The molecule has 2 N–H and O–H groups in total. The smallest absolute Gasteiger partial charge is 0.122 e. The number of unbranched alkanes of at least 4 members (excludes halogenated alkanes) is 1. The predicted molar refractivity (Wildman–Crippen MR) is 80.2 cm³/mol. The molecule has 1 aromatic rings. The molecule has 18 heavy (non-hydrogen) atoms. The molecule has 0 heterocycles. The molecule has 1 aromatic carbocycles. The molecule has 0 bridgehead atoms. The van der Waals surface area contributed by atoms with Crippen molar-refractivity contribution in [1.29, 1.82) is 0 Å². The molecule has 0 spiro atoms. The molecule has 0 amide bonds. The second-order valence-corrected chi connectivity index (χ2v) is 5.42. The van der Waals surface area contributed by atoms with Crippen LogP contribution in [0.5, 0.6) is 5.75 Å². The predicted octanol–water partition coefficient (Wildman–Crippen LogP) is 2.67. The van der Waals surface area contributed by atoms with Crippen LogP contribution in [0.2, 0.25) is 0 Å². The van der Waals surface area contributed by atoms with E-state index < -0.39 is 0 Å². The Morgan fingerprint density at radius 2 is 2.06 bits per heavy atom. The molecule has 0 radical (unpaired) electrons. The lowest BCUT2D eigenvalue weighted by Crippen LogP contribution is -2.23. The highest BCUT2D eigenvalue weighted by atomic mass is 79.9. The zero-order chi connectivity index (χ0) is 13.4. The number of halogens is 1. The lowest BCUT2D eigenvalue weighted by molar-refractivity contribution is 0.328. The third-order valence-corrected chi connectivity index (χ3v) is 3.49. The summed E-state index contributed by atoms with van der Waals surface area (Å²) in [6.45, 7) is 2.93. The molecular formula is C14H23BrN2O. The van der Waals surface area contributed by atoms with E-state index in [-0.39, 0.29) is 0 Å². The molecule has 0 fully saturated rings. The zero-order valence-corrected chi connectivity index (χ0v) is 12.9. The van der Waals surface area contributed by atoms with Gasteiger partial charge in [-0.3, -0.25) is 0 Å². The van der Waals surface area contributed by atoms with E-state index in [1.165, 1.54) is 12.0 Å². The number of ether oxygens (including phenoxy) is 1. The summed E-state index contributed by atoms with van der Waals surface area (Å²) in [6.07, 6.45) is 3.27. The van der Waals surface area contributed by atoms with Crippen molar-refractivity contribution in [1.82, 2.24) is 4.90 Å². The van der Waals surface area contributed by atoms with Gasteiger partial charge in [0.05, 0.1) is 7.11 Å². The normalized spacial score (nSPS) is 10.9. The van der Waals surface area contributed by atoms with Crippen molar-refractivity contribution in [2.75, 3.05) is 33.8 Å². The lowest BCUT2D eigenvalue weighted by Gasteiger charge is -2.17. The Balaban J connectivity index is 2.44. The van der Waals surface area contributed by atoms with Crippen LogP contribution in [0, 0.1) is 0 Å². The molecule has 0 aliphatic heterocycles. The fourth-order valence-corrected chi connectivity index (χ4v) is 2.30. The van der Waals surface area contributed by atoms with Crippen LogP contribution >= 0.6 is 15.9 Å². The van der Waals surface area contributed by atoms with Crippen molar-refractivity contribution in [3.05, 3.63) is 28.2 Å². The van der Waals surface area contributed by atoms with Crippen LogP contribution in [0.3, 0.4) is 0 Å². The fraction of sp³-hybridized carbons (Fsp3) is 0.571. The van der Waals surface area contributed by atoms with Crippen LogP contribution in [-0.2, 0) is 6.42 Å². The number of hydrogen-bond donors (Lipinski definition) is 1. The number of nitrogens with zero attached hydrogens (tertiary/aromatic N) is 1. The highest BCUT2D eigenvalue weighted by molar-refractivity contribution is 9.10. The van der Waals surface area contributed by atoms with Crippen LogP contribution in [0.15, 0.2) is 22.7 Å². The largest absolute Gasteiger partial charge is 0.496 e. The standard InChI is InChI=1S/C14H23BrN2O/c1-17(9-4-3-8-16)10-7-12-11-13(15)5-6-14(12)18-2/h5-6,11H,3-4,7-10,16H2,1-2H3. The van der Waals surface area contributed by atoms with E-state index in [9.17, 15) is 0 Å². The highest BCUT2D eigenvalue weighted by Gasteiger charge is 2.05. The monoisotopic (exact) mass is 314 g/mol. The van der Waals surface area contributed by atoms with E-state index in [4.69, 9.17) is 10.5 Å². The van der Waals surface area contributed by atoms with Crippen molar-refractivity contribution in [2.24, 2.45) is 5.73 Å². The molecule has 0 atom stereocenters. The van der Waals surface area contributed by atoms with E-state index in [2.05, 4.69) is 33.9 Å². The van der Waals surface area contributed by atoms with Gasteiger partial charge in [-0.2, -0.15) is 0 Å². The first kappa shape index (κ1) is 15.5. The maximum Gasteiger partial charge on any atom is 0.122 e. The van der Waals surface area contributed by atoms with Gasteiger partial charge >= 0.3 is 0 Å². The highest BCUT2D eigenvalue weighted by Crippen LogP contribution is 2.23. The Hall–Kier alpha value is -0.580. The summed E-state index contributed by atoms with van der Waals surface area (Å²) < 4.78 is 6.48. The van der Waals surface area contributed by atoms with E-state index >= 15 is 0 Å². The number of likely N-dealkylation sites (N-methyl/N-ethyl adjacent to an activating group) is 1. The minimum Gasteiger partial charge on any atom is -0.496 e. The average Bonchev–Trinajstić information content (AvgIpc) is 2.37. The molecule has 102 valence electrons. The van der Waals surface area contributed by atoms with Gasteiger partial charge in [0.1, 0.15) is 5.75 Å². The molecule has 0 saturated heterocycles.